The normalized spacial score (nSPS) is 23.1. The molecular formula is C15H23NO. The van der Waals surface area contributed by atoms with E-state index in [2.05, 4.69) is 50.8 Å². The summed E-state index contributed by atoms with van der Waals surface area (Å²) in [7, 11) is 0. The highest BCUT2D eigenvalue weighted by molar-refractivity contribution is 5.57. The summed E-state index contributed by atoms with van der Waals surface area (Å²) < 4.78 is 0. The number of nitrogens with zero attached hydrogens (tertiary/aromatic N) is 1. The average molecular weight is 233 g/mol. The average Bonchev–Trinajstić information content (AvgIpc) is 2.57. The fourth-order valence-electron chi connectivity index (χ4n) is 2.94. The minimum absolute atomic E-state index is 0.145. The second-order valence-corrected chi connectivity index (χ2v) is 5.97. The van der Waals surface area contributed by atoms with Crippen LogP contribution in [-0.4, -0.2) is 23.8 Å². The maximum absolute atomic E-state index is 9.36. The summed E-state index contributed by atoms with van der Waals surface area (Å²) >= 11 is 0. The minimum atomic E-state index is 0.145. The van der Waals surface area contributed by atoms with Crippen LogP contribution in [0.2, 0.25) is 0 Å². The van der Waals surface area contributed by atoms with Gasteiger partial charge in [-0.3, -0.25) is 0 Å². The van der Waals surface area contributed by atoms with Gasteiger partial charge in [-0.25, -0.2) is 0 Å². The monoisotopic (exact) mass is 233 g/mol. The molecule has 1 N–H and O–H groups in total. The highest BCUT2D eigenvalue weighted by atomic mass is 16.3. The largest absolute Gasteiger partial charge is 0.396 e. The van der Waals surface area contributed by atoms with Gasteiger partial charge in [0.1, 0.15) is 0 Å². The van der Waals surface area contributed by atoms with Gasteiger partial charge in [-0.05, 0) is 51.3 Å². The van der Waals surface area contributed by atoms with Crippen molar-refractivity contribution in [2.75, 3.05) is 18.1 Å². The first kappa shape index (κ1) is 12.4. The van der Waals surface area contributed by atoms with Crippen molar-refractivity contribution in [2.45, 2.75) is 39.7 Å². The van der Waals surface area contributed by atoms with Gasteiger partial charge >= 0.3 is 0 Å². The summed E-state index contributed by atoms with van der Waals surface area (Å²) in [5.74, 6) is 0.407. The van der Waals surface area contributed by atoms with Crippen molar-refractivity contribution in [3.8, 4) is 0 Å². The fraction of sp³-hybridized carbons (Fsp3) is 0.600. The van der Waals surface area contributed by atoms with Gasteiger partial charge in [-0.2, -0.15) is 0 Å². The van der Waals surface area contributed by atoms with Crippen LogP contribution < -0.4 is 4.90 Å². The van der Waals surface area contributed by atoms with Crippen LogP contribution in [0.25, 0.3) is 0 Å². The lowest BCUT2D eigenvalue weighted by Crippen LogP contribution is -2.38. The van der Waals surface area contributed by atoms with E-state index in [0.717, 1.165) is 13.0 Å². The van der Waals surface area contributed by atoms with Crippen molar-refractivity contribution in [1.82, 2.24) is 0 Å². The molecule has 1 unspecified atom stereocenters. The third-order valence-corrected chi connectivity index (χ3v) is 3.87. The zero-order valence-electron chi connectivity index (χ0n) is 11.3. The Morgan fingerprint density at radius 2 is 2.06 bits per heavy atom. The van der Waals surface area contributed by atoms with E-state index in [1.54, 1.807) is 0 Å². The molecule has 1 aromatic rings. The van der Waals surface area contributed by atoms with Crippen LogP contribution in [0.5, 0.6) is 0 Å². The molecule has 1 saturated heterocycles. The predicted molar refractivity (Wildman–Crippen MR) is 72.5 cm³/mol. The first-order valence-corrected chi connectivity index (χ1v) is 6.40. The summed E-state index contributed by atoms with van der Waals surface area (Å²) in [5.41, 5.74) is 4.09. The first-order valence-electron chi connectivity index (χ1n) is 6.40. The van der Waals surface area contributed by atoms with Crippen molar-refractivity contribution < 1.29 is 5.11 Å². The third kappa shape index (κ3) is 2.32. The van der Waals surface area contributed by atoms with Crippen molar-refractivity contribution in [3.63, 3.8) is 0 Å². The van der Waals surface area contributed by atoms with Crippen LogP contribution in [0.4, 0.5) is 5.69 Å². The van der Waals surface area contributed by atoms with E-state index in [1.165, 1.54) is 16.8 Å². The van der Waals surface area contributed by atoms with Gasteiger partial charge in [0, 0.05) is 30.3 Å². The molecule has 1 fully saturated rings. The lowest BCUT2D eigenvalue weighted by Gasteiger charge is -2.35. The summed E-state index contributed by atoms with van der Waals surface area (Å²) in [4.78, 5) is 2.45. The number of benzene rings is 1. The zero-order chi connectivity index (χ0) is 12.6. The van der Waals surface area contributed by atoms with Gasteiger partial charge in [0.15, 0.2) is 0 Å². The highest BCUT2D eigenvalue weighted by Crippen LogP contribution is 2.38. The standard InChI is InChI=1S/C15H23NO/c1-11-5-6-12(2)14(7-11)16-9-13(10-17)8-15(16,3)4/h5-7,13,17H,8-10H2,1-4H3. The Balaban J connectivity index is 2.36. The molecule has 0 amide bonds. The van der Waals surface area contributed by atoms with Gasteiger partial charge in [-0.1, -0.05) is 12.1 Å². The Morgan fingerprint density at radius 1 is 1.35 bits per heavy atom. The zero-order valence-corrected chi connectivity index (χ0v) is 11.3. The molecule has 1 aliphatic rings. The Morgan fingerprint density at radius 3 is 2.65 bits per heavy atom. The van der Waals surface area contributed by atoms with Crippen molar-refractivity contribution in [3.05, 3.63) is 29.3 Å². The predicted octanol–water partition coefficient (Wildman–Crippen LogP) is 2.90. The molecule has 2 heteroatoms. The number of hydrogen-bond acceptors (Lipinski definition) is 2. The second-order valence-electron chi connectivity index (χ2n) is 5.97. The van der Waals surface area contributed by atoms with Gasteiger partial charge in [0.2, 0.25) is 0 Å². The summed E-state index contributed by atoms with van der Waals surface area (Å²) in [6.07, 6.45) is 1.07. The molecule has 1 aromatic carbocycles. The molecule has 94 valence electrons. The summed E-state index contributed by atoms with van der Waals surface area (Å²) in [6, 6.07) is 6.61. The van der Waals surface area contributed by atoms with Crippen molar-refractivity contribution in [1.29, 1.82) is 0 Å². The first-order chi connectivity index (χ1) is 7.94. The molecule has 1 atom stereocenters. The van der Waals surface area contributed by atoms with Crippen LogP contribution in [-0.2, 0) is 0 Å². The molecule has 2 rings (SSSR count). The molecule has 1 heterocycles. The van der Waals surface area contributed by atoms with E-state index in [4.69, 9.17) is 0 Å². The lowest BCUT2D eigenvalue weighted by atomic mass is 9.96. The molecule has 2 nitrogen and oxygen atoms in total. The second kappa shape index (κ2) is 4.34. The number of rotatable bonds is 2. The number of anilines is 1. The van der Waals surface area contributed by atoms with Crippen LogP contribution in [0.1, 0.15) is 31.4 Å². The van der Waals surface area contributed by atoms with Crippen LogP contribution in [0.15, 0.2) is 18.2 Å². The smallest absolute Gasteiger partial charge is 0.0477 e. The van der Waals surface area contributed by atoms with E-state index in [1.807, 2.05) is 0 Å². The SMILES string of the molecule is Cc1ccc(C)c(N2CC(CO)CC2(C)C)c1. The maximum Gasteiger partial charge on any atom is 0.0477 e. The molecule has 1 aliphatic heterocycles. The maximum atomic E-state index is 9.36. The van der Waals surface area contributed by atoms with E-state index >= 15 is 0 Å². The van der Waals surface area contributed by atoms with E-state index in [-0.39, 0.29) is 5.54 Å². The Bertz CT molecular complexity index is 411. The Kier molecular flexibility index (Phi) is 3.17. The minimum Gasteiger partial charge on any atom is -0.396 e. The molecule has 0 bridgehead atoms. The number of hydrogen-bond donors (Lipinski definition) is 1. The van der Waals surface area contributed by atoms with E-state index in [9.17, 15) is 5.11 Å². The lowest BCUT2D eigenvalue weighted by molar-refractivity contribution is 0.232. The molecule has 0 spiro atoms. The fourth-order valence-corrected chi connectivity index (χ4v) is 2.94. The van der Waals surface area contributed by atoms with Crippen molar-refractivity contribution >= 4 is 5.69 Å². The van der Waals surface area contributed by atoms with E-state index < -0.39 is 0 Å². The molecule has 0 saturated carbocycles. The third-order valence-electron chi connectivity index (χ3n) is 3.87. The van der Waals surface area contributed by atoms with Crippen LogP contribution in [0, 0.1) is 19.8 Å². The molecule has 0 aliphatic carbocycles. The quantitative estimate of drug-likeness (QED) is 0.849. The molecule has 0 radical (unpaired) electrons. The Hall–Kier alpha value is -1.02. The van der Waals surface area contributed by atoms with Gasteiger partial charge in [0.25, 0.3) is 0 Å². The number of aliphatic hydroxyl groups is 1. The summed E-state index contributed by atoms with van der Waals surface area (Å²) in [5, 5.41) is 9.36. The topological polar surface area (TPSA) is 23.5 Å². The van der Waals surface area contributed by atoms with Gasteiger partial charge in [0.05, 0.1) is 0 Å². The van der Waals surface area contributed by atoms with Gasteiger partial charge < -0.3 is 10.0 Å². The Labute approximate surface area is 104 Å². The van der Waals surface area contributed by atoms with Crippen LogP contribution in [0.3, 0.4) is 0 Å². The van der Waals surface area contributed by atoms with Crippen LogP contribution >= 0.6 is 0 Å². The van der Waals surface area contributed by atoms with E-state index in [0.29, 0.717) is 12.5 Å². The van der Waals surface area contributed by atoms with Gasteiger partial charge in [-0.15, -0.1) is 0 Å². The molecule has 0 aromatic heterocycles. The summed E-state index contributed by atoms with van der Waals surface area (Å²) in [6.45, 7) is 10.1. The number of aliphatic hydroxyl groups excluding tert-OH is 1. The molecular weight excluding hydrogens is 210 g/mol. The molecule has 17 heavy (non-hydrogen) atoms. The van der Waals surface area contributed by atoms with Crippen molar-refractivity contribution in [2.24, 2.45) is 5.92 Å². The highest BCUT2D eigenvalue weighted by Gasteiger charge is 2.38. The number of aryl methyl sites for hydroxylation is 2.